The van der Waals surface area contributed by atoms with Gasteiger partial charge in [0.05, 0.1) is 25.4 Å². The van der Waals surface area contributed by atoms with Crippen LogP contribution in [-0.4, -0.2) is 71.7 Å². The number of hydrogen-bond acceptors (Lipinski definition) is 10. The number of esters is 2. The normalized spacial score (nSPS) is 15.1. The van der Waals surface area contributed by atoms with Crippen molar-refractivity contribution in [3.8, 4) is 0 Å². The Labute approximate surface area is 345 Å². The lowest BCUT2D eigenvalue weighted by Crippen LogP contribution is -2.30. The molecule has 0 aliphatic rings. The van der Waals surface area contributed by atoms with E-state index >= 15 is 0 Å². The van der Waals surface area contributed by atoms with Gasteiger partial charge in [0.15, 0.2) is 6.10 Å². The SMILES string of the molecule is CCCCC/C=C\C/C=C\C/C=C\CC(O)C(O)CCCC(=O)OC[C@H](COP(=O)(O)OCCN)OC(=O)CCC/C=C\C/C=C\C/C=C\CCCCCCCC. The molecular weight excluding hydrogens is 745 g/mol. The summed E-state index contributed by atoms with van der Waals surface area (Å²) < 4.78 is 32.5. The molecule has 0 aliphatic heterocycles. The summed E-state index contributed by atoms with van der Waals surface area (Å²) in [5, 5.41) is 20.6. The first kappa shape index (κ1) is 54.4. The molecule has 328 valence electrons. The Morgan fingerprint density at radius 1 is 0.596 bits per heavy atom. The molecule has 0 aromatic carbocycles. The second kappa shape index (κ2) is 40.2. The van der Waals surface area contributed by atoms with E-state index in [1.165, 1.54) is 57.8 Å². The van der Waals surface area contributed by atoms with Crippen LogP contribution in [0, 0.1) is 0 Å². The number of allylic oxidation sites excluding steroid dienone is 11. The van der Waals surface area contributed by atoms with E-state index in [1.807, 2.05) is 24.3 Å². The summed E-state index contributed by atoms with van der Waals surface area (Å²) in [7, 11) is -4.46. The van der Waals surface area contributed by atoms with Crippen LogP contribution < -0.4 is 5.73 Å². The number of carbonyl (C=O) groups is 2. The molecule has 11 nitrogen and oxygen atoms in total. The maximum atomic E-state index is 12.6. The molecule has 0 amide bonds. The van der Waals surface area contributed by atoms with Gasteiger partial charge in [-0.05, 0) is 83.5 Å². The number of phosphoric acid groups is 1. The molecule has 0 spiro atoms. The Bertz CT molecular complexity index is 1200. The van der Waals surface area contributed by atoms with Crippen molar-refractivity contribution in [2.24, 2.45) is 5.73 Å². The van der Waals surface area contributed by atoms with Gasteiger partial charge >= 0.3 is 19.8 Å². The highest BCUT2D eigenvalue weighted by molar-refractivity contribution is 7.47. The molecule has 57 heavy (non-hydrogen) atoms. The summed E-state index contributed by atoms with van der Waals surface area (Å²) in [4.78, 5) is 34.9. The van der Waals surface area contributed by atoms with E-state index in [2.05, 4.69) is 62.5 Å². The standard InChI is InChI=1S/C45H78NO10P/c1-3-5-7-9-11-13-15-17-18-19-20-21-23-25-27-29-31-35-45(50)56-41(40-55-57(51,52)54-38-37-46)39-53-44(49)36-32-34-43(48)42(47)33-30-28-26-24-22-16-14-12-10-8-6-4-2/h12,14,17-18,20-22,24-25,27-28,30,41-43,47-48H,3-11,13,15-16,19,23,26,29,31-40,46H2,1-2H3,(H,51,52)/b14-12-,18-17-,21-20-,24-22-,27-25-,30-28-/t41-,42?,43?/m1/s1. The Morgan fingerprint density at radius 3 is 1.68 bits per heavy atom. The highest BCUT2D eigenvalue weighted by Crippen LogP contribution is 2.43. The van der Waals surface area contributed by atoms with Crippen molar-refractivity contribution >= 4 is 19.8 Å². The molecule has 0 bridgehead atoms. The summed E-state index contributed by atoms with van der Waals surface area (Å²) in [6, 6.07) is 0. The third-order valence-electron chi connectivity index (χ3n) is 8.77. The summed E-state index contributed by atoms with van der Waals surface area (Å²) in [5.74, 6) is -1.18. The van der Waals surface area contributed by atoms with Crippen LogP contribution in [0.1, 0.15) is 155 Å². The predicted molar refractivity (Wildman–Crippen MR) is 231 cm³/mol. The summed E-state index contributed by atoms with van der Waals surface area (Å²) in [6.07, 6.45) is 41.2. The van der Waals surface area contributed by atoms with Gasteiger partial charge in [0.2, 0.25) is 0 Å². The second-order valence-electron chi connectivity index (χ2n) is 14.2. The fourth-order valence-corrected chi connectivity index (χ4v) is 6.16. The maximum absolute atomic E-state index is 12.6. The Balaban J connectivity index is 4.50. The third-order valence-corrected chi connectivity index (χ3v) is 9.75. The van der Waals surface area contributed by atoms with Crippen LogP contribution in [0.2, 0.25) is 0 Å². The van der Waals surface area contributed by atoms with E-state index in [9.17, 15) is 29.3 Å². The Morgan fingerprint density at radius 2 is 1.09 bits per heavy atom. The highest BCUT2D eigenvalue weighted by atomic mass is 31.2. The average molecular weight is 824 g/mol. The lowest BCUT2D eigenvalue weighted by molar-refractivity contribution is -0.161. The van der Waals surface area contributed by atoms with Crippen LogP contribution in [0.4, 0.5) is 0 Å². The Hall–Kier alpha value is -2.63. The van der Waals surface area contributed by atoms with Crippen LogP contribution in [0.3, 0.4) is 0 Å². The van der Waals surface area contributed by atoms with Crippen molar-refractivity contribution in [2.45, 2.75) is 173 Å². The van der Waals surface area contributed by atoms with E-state index < -0.39 is 51.3 Å². The summed E-state index contributed by atoms with van der Waals surface area (Å²) in [5.41, 5.74) is 5.33. The van der Waals surface area contributed by atoms with Crippen molar-refractivity contribution < 1.29 is 47.8 Å². The zero-order valence-electron chi connectivity index (χ0n) is 35.3. The Kier molecular flexibility index (Phi) is 38.3. The second-order valence-corrected chi connectivity index (χ2v) is 15.6. The van der Waals surface area contributed by atoms with Gasteiger partial charge < -0.3 is 30.3 Å². The van der Waals surface area contributed by atoms with Gasteiger partial charge in [-0.3, -0.25) is 18.6 Å². The van der Waals surface area contributed by atoms with Gasteiger partial charge in [-0.25, -0.2) is 4.57 Å². The quantitative estimate of drug-likeness (QED) is 0.0201. The van der Waals surface area contributed by atoms with Crippen LogP contribution in [0.25, 0.3) is 0 Å². The molecule has 0 radical (unpaired) electrons. The van der Waals surface area contributed by atoms with Crippen molar-refractivity contribution in [1.82, 2.24) is 0 Å². The molecule has 0 fully saturated rings. The molecule has 0 aromatic rings. The average Bonchev–Trinajstić information content (AvgIpc) is 3.19. The molecule has 0 rings (SSSR count). The molecule has 12 heteroatoms. The molecule has 0 aliphatic carbocycles. The minimum Gasteiger partial charge on any atom is -0.462 e. The predicted octanol–water partition coefficient (Wildman–Crippen LogP) is 10.2. The van der Waals surface area contributed by atoms with Crippen LogP contribution in [0.5, 0.6) is 0 Å². The largest absolute Gasteiger partial charge is 0.472 e. The topological polar surface area (TPSA) is 175 Å². The number of rotatable bonds is 39. The van der Waals surface area contributed by atoms with Gasteiger partial charge in [0, 0.05) is 19.4 Å². The molecule has 4 atom stereocenters. The number of phosphoric ester groups is 1. The van der Waals surface area contributed by atoms with Gasteiger partial charge in [-0.15, -0.1) is 0 Å². The maximum Gasteiger partial charge on any atom is 0.472 e. The third kappa shape index (κ3) is 38.6. The van der Waals surface area contributed by atoms with Gasteiger partial charge in [0.1, 0.15) is 6.61 Å². The lowest BCUT2D eigenvalue weighted by atomic mass is 10.0. The van der Waals surface area contributed by atoms with Crippen molar-refractivity contribution in [3.05, 3.63) is 72.9 Å². The molecule has 0 saturated carbocycles. The van der Waals surface area contributed by atoms with Gasteiger partial charge in [0.25, 0.3) is 0 Å². The van der Waals surface area contributed by atoms with E-state index in [-0.39, 0.29) is 38.8 Å². The zero-order chi connectivity index (χ0) is 42.1. The molecular formula is C45H78NO10P. The number of aliphatic hydroxyl groups excluding tert-OH is 2. The van der Waals surface area contributed by atoms with E-state index in [0.29, 0.717) is 19.3 Å². The van der Waals surface area contributed by atoms with Gasteiger partial charge in [-0.2, -0.15) is 0 Å². The number of hydrogen-bond donors (Lipinski definition) is 4. The van der Waals surface area contributed by atoms with E-state index in [4.69, 9.17) is 24.3 Å². The van der Waals surface area contributed by atoms with Crippen molar-refractivity contribution in [3.63, 3.8) is 0 Å². The van der Waals surface area contributed by atoms with Gasteiger partial charge in [-0.1, -0.05) is 132 Å². The molecule has 0 saturated heterocycles. The van der Waals surface area contributed by atoms with E-state index in [0.717, 1.165) is 38.5 Å². The smallest absolute Gasteiger partial charge is 0.462 e. The van der Waals surface area contributed by atoms with Crippen molar-refractivity contribution in [2.75, 3.05) is 26.4 Å². The van der Waals surface area contributed by atoms with E-state index in [1.54, 1.807) is 0 Å². The molecule has 0 heterocycles. The van der Waals surface area contributed by atoms with Crippen LogP contribution in [-0.2, 0) is 32.7 Å². The molecule has 0 aromatic heterocycles. The minimum absolute atomic E-state index is 0.00294. The summed E-state index contributed by atoms with van der Waals surface area (Å²) >= 11 is 0. The number of aliphatic hydroxyl groups is 2. The zero-order valence-corrected chi connectivity index (χ0v) is 36.2. The first-order chi connectivity index (χ1) is 27.6. The van der Waals surface area contributed by atoms with Crippen LogP contribution >= 0.6 is 7.82 Å². The molecule has 3 unspecified atom stereocenters. The summed E-state index contributed by atoms with van der Waals surface area (Å²) in [6.45, 7) is 3.28. The first-order valence-electron chi connectivity index (χ1n) is 21.6. The number of carbonyl (C=O) groups excluding carboxylic acids is 2. The first-order valence-corrected chi connectivity index (χ1v) is 23.1. The monoisotopic (exact) mass is 824 g/mol. The number of nitrogens with two attached hydrogens (primary N) is 1. The highest BCUT2D eigenvalue weighted by Gasteiger charge is 2.26. The number of unbranched alkanes of at least 4 members (excludes halogenated alkanes) is 10. The molecule has 5 N–H and O–H groups in total. The van der Waals surface area contributed by atoms with Crippen molar-refractivity contribution in [1.29, 1.82) is 0 Å². The number of ether oxygens (including phenoxy) is 2. The lowest BCUT2D eigenvalue weighted by Gasteiger charge is -2.20. The fourth-order valence-electron chi connectivity index (χ4n) is 5.40. The minimum atomic E-state index is -4.46. The fraction of sp³-hybridized carbons (Fsp3) is 0.689. The van der Waals surface area contributed by atoms with Crippen LogP contribution in [0.15, 0.2) is 72.9 Å².